The Bertz CT molecular complexity index is 1920. The number of hydrogen-bond acceptors (Lipinski definition) is 9. The normalized spacial score (nSPS) is 16.9. The molecule has 0 amide bonds. The number of aryl methyl sites for hydroxylation is 1. The van der Waals surface area contributed by atoms with Crippen LogP contribution in [0, 0.1) is 28.1 Å². The third-order valence-corrected chi connectivity index (χ3v) is 8.59. The number of fused-ring (bicyclic) bond motifs is 1. The van der Waals surface area contributed by atoms with Gasteiger partial charge < -0.3 is 20.6 Å². The molecule has 0 saturated heterocycles. The lowest BCUT2D eigenvalue weighted by Gasteiger charge is -2.28. The van der Waals surface area contributed by atoms with Crippen molar-refractivity contribution in [2.45, 2.75) is 65.2 Å². The minimum absolute atomic E-state index is 0.0341. The van der Waals surface area contributed by atoms with Crippen LogP contribution in [0.2, 0.25) is 0 Å². The maximum Gasteiger partial charge on any atom is 0.413 e. The molecular formula is C35H39F3N10. The van der Waals surface area contributed by atoms with E-state index in [2.05, 4.69) is 71.1 Å². The van der Waals surface area contributed by atoms with Crippen molar-refractivity contribution < 1.29 is 13.2 Å². The number of imidazole rings is 1. The molecule has 1 atom stereocenters. The highest BCUT2D eigenvalue weighted by Crippen LogP contribution is 2.53. The molecule has 4 N–H and O–H groups in total. The van der Waals surface area contributed by atoms with E-state index in [0.29, 0.717) is 45.7 Å². The van der Waals surface area contributed by atoms with Gasteiger partial charge >= 0.3 is 6.18 Å². The van der Waals surface area contributed by atoms with Crippen LogP contribution in [-0.2, 0) is 7.05 Å². The lowest BCUT2D eigenvalue weighted by molar-refractivity contribution is -0.195. The van der Waals surface area contributed by atoms with Crippen LogP contribution >= 0.6 is 0 Å². The van der Waals surface area contributed by atoms with Gasteiger partial charge in [0.15, 0.2) is 5.54 Å². The van der Waals surface area contributed by atoms with Crippen molar-refractivity contribution in [3.05, 3.63) is 89.4 Å². The topological polar surface area (TPSA) is 130 Å². The average molecular weight is 657 g/mol. The van der Waals surface area contributed by atoms with Crippen molar-refractivity contribution in [3.8, 4) is 12.1 Å². The molecule has 1 aliphatic carbocycles. The smallest absolute Gasteiger partial charge is 0.383 e. The van der Waals surface area contributed by atoms with Crippen LogP contribution in [-0.4, -0.2) is 43.8 Å². The first-order chi connectivity index (χ1) is 22.6. The first-order valence-corrected chi connectivity index (χ1v) is 15.5. The summed E-state index contributed by atoms with van der Waals surface area (Å²) >= 11 is 0. The zero-order valence-electron chi connectivity index (χ0n) is 27.8. The quantitative estimate of drug-likeness (QED) is 0.174. The highest BCUT2D eigenvalue weighted by atomic mass is 19.4. The number of nitriles is 2. The number of anilines is 2. The molecule has 48 heavy (non-hydrogen) atoms. The first kappa shape index (κ1) is 34.1. The minimum atomic E-state index is -4.44. The minimum Gasteiger partial charge on any atom is -0.383 e. The second-order valence-electron chi connectivity index (χ2n) is 13.4. The monoisotopic (exact) mass is 656 g/mol. The zero-order chi connectivity index (χ0) is 35.0. The summed E-state index contributed by atoms with van der Waals surface area (Å²) in [7, 11) is 1.87. The van der Waals surface area contributed by atoms with E-state index in [4.69, 9.17) is 0 Å². The van der Waals surface area contributed by atoms with E-state index < -0.39 is 17.8 Å². The van der Waals surface area contributed by atoms with Crippen LogP contribution < -0.4 is 21.6 Å². The van der Waals surface area contributed by atoms with Gasteiger partial charge in [-0.15, -0.1) is 5.53 Å². The lowest BCUT2D eigenvalue weighted by Crippen LogP contribution is -2.52. The molecule has 0 spiro atoms. The number of pyridine rings is 1. The summed E-state index contributed by atoms with van der Waals surface area (Å²) in [6.07, 6.45) is 5.62. The van der Waals surface area contributed by atoms with Crippen LogP contribution in [0.15, 0.2) is 72.6 Å². The van der Waals surface area contributed by atoms with Crippen molar-refractivity contribution in [1.29, 1.82) is 10.5 Å². The Balaban J connectivity index is 1.65. The van der Waals surface area contributed by atoms with Gasteiger partial charge in [0.25, 0.3) is 0 Å². The third-order valence-electron chi connectivity index (χ3n) is 8.59. The lowest BCUT2D eigenvalue weighted by atomic mass is 9.92. The van der Waals surface area contributed by atoms with Gasteiger partial charge in [-0.1, -0.05) is 39.5 Å². The Morgan fingerprint density at radius 1 is 1.17 bits per heavy atom. The molecule has 1 aromatic carbocycles. The van der Waals surface area contributed by atoms with E-state index in [0.717, 1.165) is 21.8 Å². The van der Waals surface area contributed by atoms with E-state index in [1.165, 1.54) is 12.4 Å². The number of hydrazine groups is 2. The van der Waals surface area contributed by atoms with Crippen molar-refractivity contribution in [2.75, 3.05) is 17.2 Å². The van der Waals surface area contributed by atoms with Crippen LogP contribution in [0.1, 0.15) is 64.3 Å². The van der Waals surface area contributed by atoms with Gasteiger partial charge in [-0.25, -0.2) is 4.98 Å². The summed E-state index contributed by atoms with van der Waals surface area (Å²) in [5.74, 6) is 0. The Labute approximate surface area is 278 Å². The summed E-state index contributed by atoms with van der Waals surface area (Å²) in [5.41, 5.74) is 8.98. The number of rotatable bonds is 10. The number of allylic oxidation sites excluding steroid dienone is 3. The van der Waals surface area contributed by atoms with Crippen LogP contribution in [0.3, 0.4) is 0 Å². The summed E-state index contributed by atoms with van der Waals surface area (Å²) in [6.45, 7) is 15.0. The van der Waals surface area contributed by atoms with Crippen LogP contribution in [0.25, 0.3) is 16.5 Å². The SMILES string of the molecule is C=C(/C(C)=C(\C=C/C)c1cncn1C)[C@H](Nc1cc(C#N)c2ncc(C#N)c(NCC(C)(C)C)c2c1)C1=CN(C2(C(F)(F)F)CC2)NN1. The van der Waals surface area contributed by atoms with Gasteiger partial charge in [-0.05, 0) is 55.4 Å². The standard InChI is InChI=1S/C35H39F3N10/c1-8-9-26(29-17-41-20-47(29)7)21(2)22(3)30(28-18-48(46-45-28)34(10-11-34)35(36,37)38)44-25-12-23(14-39)31-27(13-25)32(24(15-40)16-42-31)43-19-33(4,5)6/h8-9,12-13,16-18,20,30,44-46H,3,10-11,19H2,1-2,4-7H3,(H,42,43)/b9-8-,26-21+/t30-/m0/s1. The van der Waals surface area contributed by atoms with Crippen molar-refractivity contribution in [3.63, 3.8) is 0 Å². The molecule has 0 radical (unpaired) electrons. The van der Waals surface area contributed by atoms with E-state index in [9.17, 15) is 23.7 Å². The fourth-order valence-electron chi connectivity index (χ4n) is 5.68. The Morgan fingerprint density at radius 3 is 2.44 bits per heavy atom. The van der Waals surface area contributed by atoms with E-state index in [1.807, 2.05) is 37.6 Å². The molecule has 5 rings (SSSR count). The van der Waals surface area contributed by atoms with Gasteiger partial charge in [-0.3, -0.25) is 9.99 Å². The zero-order valence-corrected chi connectivity index (χ0v) is 27.8. The molecule has 0 unspecified atom stereocenters. The molecule has 0 bridgehead atoms. The molecule has 1 aliphatic heterocycles. The average Bonchev–Trinajstić information content (AvgIpc) is 3.54. The molecule has 1 saturated carbocycles. The van der Waals surface area contributed by atoms with Crippen molar-refractivity contribution in [2.24, 2.45) is 12.5 Å². The second kappa shape index (κ2) is 12.7. The van der Waals surface area contributed by atoms with Gasteiger partial charge in [-0.2, -0.15) is 23.7 Å². The highest BCUT2D eigenvalue weighted by Gasteiger charge is 2.67. The molecule has 3 heterocycles. The molecular weight excluding hydrogens is 617 g/mol. The predicted molar refractivity (Wildman–Crippen MR) is 180 cm³/mol. The number of hydrogen-bond donors (Lipinski definition) is 4. The molecule has 2 aliphatic rings. The number of alkyl halides is 3. The summed E-state index contributed by atoms with van der Waals surface area (Å²) < 4.78 is 44.2. The second-order valence-corrected chi connectivity index (χ2v) is 13.4. The Hall–Kier alpha value is -5.27. The van der Waals surface area contributed by atoms with Crippen LogP contribution in [0.5, 0.6) is 0 Å². The summed E-state index contributed by atoms with van der Waals surface area (Å²) in [4.78, 5) is 8.70. The van der Waals surface area contributed by atoms with Gasteiger partial charge in [0.1, 0.15) is 12.1 Å². The first-order valence-electron chi connectivity index (χ1n) is 15.5. The number of nitrogens with one attached hydrogen (secondary N) is 4. The molecule has 1 fully saturated rings. The molecule has 2 aromatic heterocycles. The molecule has 10 nitrogen and oxygen atoms in total. The summed E-state index contributed by atoms with van der Waals surface area (Å²) in [5, 5.41) is 28.5. The number of benzene rings is 1. The third kappa shape index (κ3) is 6.46. The van der Waals surface area contributed by atoms with Gasteiger partial charge in [0.05, 0.1) is 52.3 Å². The van der Waals surface area contributed by atoms with E-state index in [-0.39, 0.29) is 23.8 Å². The summed E-state index contributed by atoms with van der Waals surface area (Å²) in [6, 6.07) is 7.06. The Morgan fingerprint density at radius 2 is 1.88 bits per heavy atom. The number of aromatic nitrogens is 3. The largest absolute Gasteiger partial charge is 0.413 e. The predicted octanol–water partition coefficient (Wildman–Crippen LogP) is 6.82. The van der Waals surface area contributed by atoms with Crippen LogP contribution in [0.4, 0.5) is 24.5 Å². The molecule has 3 aromatic rings. The fourth-order valence-corrected chi connectivity index (χ4v) is 5.68. The molecule has 250 valence electrons. The van der Waals surface area contributed by atoms with E-state index >= 15 is 0 Å². The highest BCUT2D eigenvalue weighted by molar-refractivity contribution is 5.99. The number of nitrogens with zero attached hydrogens (tertiary/aromatic N) is 6. The van der Waals surface area contributed by atoms with Gasteiger partial charge in [0, 0.05) is 42.6 Å². The Kier molecular flexibility index (Phi) is 9.04. The van der Waals surface area contributed by atoms with Crippen molar-refractivity contribution >= 4 is 27.9 Å². The van der Waals surface area contributed by atoms with Crippen molar-refractivity contribution in [1.82, 2.24) is 30.5 Å². The van der Waals surface area contributed by atoms with Gasteiger partial charge in [0.2, 0.25) is 0 Å². The maximum absolute atomic E-state index is 14.1. The fraction of sp³-hybridized carbons (Fsp3) is 0.371. The maximum atomic E-state index is 14.1. The molecule has 13 heteroatoms. The van der Waals surface area contributed by atoms with E-state index in [1.54, 1.807) is 24.7 Å². The number of halogens is 3.